The van der Waals surface area contributed by atoms with Crippen LogP contribution in [-0.4, -0.2) is 19.6 Å². The minimum Gasteiger partial charge on any atom is -0.495 e. The third-order valence-corrected chi connectivity index (χ3v) is 4.64. The Hall–Kier alpha value is -2.29. The number of aryl methyl sites for hydroxylation is 3. The number of amides is 1. The molecular weight excluding hydrogens is 286 g/mol. The van der Waals surface area contributed by atoms with E-state index in [1.807, 2.05) is 36.9 Å². The topological polar surface area (TPSA) is 29.5 Å². The number of hydrogen-bond acceptors (Lipinski definition) is 2. The zero-order valence-corrected chi connectivity index (χ0v) is 14.3. The molecule has 0 aromatic heterocycles. The highest BCUT2D eigenvalue weighted by Crippen LogP contribution is 2.39. The molecule has 0 N–H and O–H groups in total. The monoisotopic (exact) mass is 309 g/mol. The first-order valence-corrected chi connectivity index (χ1v) is 8.08. The van der Waals surface area contributed by atoms with Gasteiger partial charge in [-0.05, 0) is 62.4 Å². The molecule has 2 aromatic rings. The standard InChI is InChI=1S/C20H23NO2/c1-13-7-9-17(15(3)12-13)20(22)21-11-5-6-16-14(2)8-10-18(23-4)19(16)21/h7-10,12H,5-6,11H2,1-4H3. The maximum atomic E-state index is 13.1. The minimum absolute atomic E-state index is 0.0624. The Morgan fingerprint density at radius 1 is 1.09 bits per heavy atom. The van der Waals surface area contributed by atoms with E-state index in [1.54, 1.807) is 7.11 Å². The van der Waals surface area contributed by atoms with Crippen molar-refractivity contribution in [3.05, 3.63) is 58.1 Å². The van der Waals surface area contributed by atoms with Crippen LogP contribution in [0.5, 0.6) is 5.75 Å². The van der Waals surface area contributed by atoms with Gasteiger partial charge in [-0.2, -0.15) is 0 Å². The molecule has 0 bridgehead atoms. The molecule has 0 fully saturated rings. The van der Waals surface area contributed by atoms with Crippen molar-refractivity contribution < 1.29 is 9.53 Å². The SMILES string of the molecule is COc1ccc(C)c2c1N(C(=O)c1ccc(C)cc1C)CCC2. The molecule has 0 aliphatic carbocycles. The maximum absolute atomic E-state index is 13.1. The van der Waals surface area contributed by atoms with Gasteiger partial charge in [-0.1, -0.05) is 23.8 Å². The molecule has 1 heterocycles. The van der Waals surface area contributed by atoms with Crippen LogP contribution in [-0.2, 0) is 6.42 Å². The van der Waals surface area contributed by atoms with Gasteiger partial charge in [0.1, 0.15) is 5.75 Å². The van der Waals surface area contributed by atoms with Crippen LogP contribution in [0.25, 0.3) is 0 Å². The molecule has 120 valence electrons. The zero-order chi connectivity index (χ0) is 16.6. The van der Waals surface area contributed by atoms with Gasteiger partial charge in [0.25, 0.3) is 5.91 Å². The Bertz CT molecular complexity index is 764. The van der Waals surface area contributed by atoms with Gasteiger partial charge in [-0.3, -0.25) is 4.79 Å². The highest BCUT2D eigenvalue weighted by molar-refractivity contribution is 6.08. The molecule has 0 unspecified atom stereocenters. The zero-order valence-electron chi connectivity index (χ0n) is 14.3. The Kier molecular flexibility index (Phi) is 4.12. The lowest BCUT2D eigenvalue weighted by Gasteiger charge is -2.32. The van der Waals surface area contributed by atoms with E-state index in [9.17, 15) is 4.79 Å². The number of rotatable bonds is 2. The molecule has 0 saturated carbocycles. The molecule has 3 rings (SSSR count). The van der Waals surface area contributed by atoms with Crippen LogP contribution in [0, 0.1) is 20.8 Å². The van der Waals surface area contributed by atoms with Gasteiger partial charge >= 0.3 is 0 Å². The van der Waals surface area contributed by atoms with Crippen LogP contribution in [0.4, 0.5) is 5.69 Å². The Morgan fingerprint density at radius 2 is 1.87 bits per heavy atom. The first kappa shape index (κ1) is 15.6. The predicted octanol–water partition coefficient (Wildman–Crippen LogP) is 4.21. The Balaban J connectivity index is 2.09. The summed E-state index contributed by atoms with van der Waals surface area (Å²) in [6.07, 6.45) is 1.98. The predicted molar refractivity (Wildman–Crippen MR) is 93.6 cm³/mol. The van der Waals surface area contributed by atoms with Crippen molar-refractivity contribution in [3.8, 4) is 5.75 Å². The minimum atomic E-state index is 0.0624. The lowest BCUT2D eigenvalue weighted by Crippen LogP contribution is -2.36. The summed E-state index contributed by atoms with van der Waals surface area (Å²) in [6.45, 7) is 6.88. The van der Waals surface area contributed by atoms with Crippen LogP contribution in [0.3, 0.4) is 0 Å². The molecule has 1 aliphatic rings. The fourth-order valence-corrected chi connectivity index (χ4v) is 3.42. The molecule has 1 amide bonds. The number of methoxy groups -OCH3 is 1. The number of ether oxygens (including phenoxy) is 1. The number of hydrogen-bond donors (Lipinski definition) is 0. The lowest BCUT2D eigenvalue weighted by molar-refractivity contribution is 0.0983. The molecule has 23 heavy (non-hydrogen) atoms. The van der Waals surface area contributed by atoms with E-state index >= 15 is 0 Å². The normalized spacial score (nSPS) is 13.7. The highest BCUT2D eigenvalue weighted by atomic mass is 16.5. The molecule has 0 saturated heterocycles. The summed E-state index contributed by atoms with van der Waals surface area (Å²) < 4.78 is 5.54. The Morgan fingerprint density at radius 3 is 2.57 bits per heavy atom. The number of nitrogens with zero attached hydrogens (tertiary/aromatic N) is 1. The van der Waals surface area contributed by atoms with Crippen molar-refractivity contribution >= 4 is 11.6 Å². The lowest BCUT2D eigenvalue weighted by atomic mass is 9.95. The molecule has 3 nitrogen and oxygen atoms in total. The molecule has 0 spiro atoms. The van der Waals surface area contributed by atoms with E-state index in [0.717, 1.165) is 42.0 Å². The van der Waals surface area contributed by atoms with Crippen molar-refractivity contribution in [1.29, 1.82) is 0 Å². The number of anilines is 1. The second-order valence-corrected chi connectivity index (χ2v) is 6.29. The van der Waals surface area contributed by atoms with Crippen molar-refractivity contribution in [3.63, 3.8) is 0 Å². The van der Waals surface area contributed by atoms with Crippen molar-refractivity contribution in [1.82, 2.24) is 0 Å². The van der Waals surface area contributed by atoms with Gasteiger partial charge in [0.05, 0.1) is 12.8 Å². The molecule has 0 radical (unpaired) electrons. The van der Waals surface area contributed by atoms with E-state index in [-0.39, 0.29) is 5.91 Å². The maximum Gasteiger partial charge on any atom is 0.258 e. The largest absolute Gasteiger partial charge is 0.495 e. The number of fused-ring (bicyclic) bond motifs is 1. The summed E-state index contributed by atoms with van der Waals surface area (Å²) in [5, 5.41) is 0. The van der Waals surface area contributed by atoms with Crippen LogP contribution in [0.2, 0.25) is 0 Å². The van der Waals surface area contributed by atoms with Crippen molar-refractivity contribution in [2.45, 2.75) is 33.6 Å². The average molecular weight is 309 g/mol. The van der Waals surface area contributed by atoms with Crippen molar-refractivity contribution in [2.75, 3.05) is 18.6 Å². The van der Waals surface area contributed by atoms with E-state index in [0.29, 0.717) is 0 Å². The van der Waals surface area contributed by atoms with E-state index in [2.05, 4.69) is 19.1 Å². The van der Waals surface area contributed by atoms with Gasteiger partial charge in [0, 0.05) is 12.1 Å². The van der Waals surface area contributed by atoms with Gasteiger partial charge in [-0.25, -0.2) is 0 Å². The summed E-state index contributed by atoms with van der Waals surface area (Å²) in [5.74, 6) is 0.843. The summed E-state index contributed by atoms with van der Waals surface area (Å²) >= 11 is 0. The second kappa shape index (κ2) is 6.07. The smallest absolute Gasteiger partial charge is 0.258 e. The average Bonchev–Trinajstić information content (AvgIpc) is 2.54. The van der Waals surface area contributed by atoms with Gasteiger partial charge in [0.15, 0.2) is 0 Å². The molecule has 1 aliphatic heterocycles. The third-order valence-electron chi connectivity index (χ3n) is 4.64. The summed E-state index contributed by atoms with van der Waals surface area (Å²) in [7, 11) is 1.67. The number of carbonyl (C=O) groups is 1. The highest BCUT2D eigenvalue weighted by Gasteiger charge is 2.28. The fraction of sp³-hybridized carbons (Fsp3) is 0.350. The number of benzene rings is 2. The van der Waals surface area contributed by atoms with Crippen LogP contribution in [0.1, 0.15) is 39.0 Å². The van der Waals surface area contributed by atoms with Crippen molar-refractivity contribution in [2.24, 2.45) is 0 Å². The van der Waals surface area contributed by atoms with E-state index in [1.165, 1.54) is 16.7 Å². The first-order chi connectivity index (χ1) is 11.0. The molecule has 2 aromatic carbocycles. The van der Waals surface area contributed by atoms with E-state index in [4.69, 9.17) is 4.74 Å². The van der Waals surface area contributed by atoms with Crippen LogP contribution in [0.15, 0.2) is 30.3 Å². The van der Waals surface area contributed by atoms with Gasteiger partial charge in [-0.15, -0.1) is 0 Å². The number of carbonyl (C=O) groups excluding carboxylic acids is 1. The van der Waals surface area contributed by atoms with Crippen LogP contribution >= 0.6 is 0 Å². The summed E-state index contributed by atoms with van der Waals surface area (Å²) in [6, 6.07) is 10.0. The summed E-state index contributed by atoms with van der Waals surface area (Å²) in [5.41, 5.74) is 6.36. The molecule has 3 heteroatoms. The second-order valence-electron chi connectivity index (χ2n) is 6.29. The molecule has 0 atom stereocenters. The first-order valence-electron chi connectivity index (χ1n) is 8.08. The fourth-order valence-electron chi connectivity index (χ4n) is 3.42. The van der Waals surface area contributed by atoms with Gasteiger partial charge in [0.2, 0.25) is 0 Å². The third kappa shape index (κ3) is 2.72. The van der Waals surface area contributed by atoms with Crippen LogP contribution < -0.4 is 9.64 Å². The summed E-state index contributed by atoms with van der Waals surface area (Å²) in [4.78, 5) is 15.0. The quantitative estimate of drug-likeness (QED) is 0.831. The van der Waals surface area contributed by atoms with Gasteiger partial charge < -0.3 is 9.64 Å². The molecular formula is C20H23NO2. The Labute approximate surface area is 137 Å². The van der Waals surface area contributed by atoms with E-state index < -0.39 is 0 Å².